The zero-order chi connectivity index (χ0) is 17.7. The minimum Gasteiger partial charge on any atom is -0.464 e. The number of amides is 3. The Labute approximate surface area is 142 Å². The smallest absolute Gasteiger partial charge is 0.328 e. The normalized spacial score (nSPS) is 25.4. The molecule has 24 heavy (non-hydrogen) atoms. The van der Waals surface area contributed by atoms with E-state index in [-0.39, 0.29) is 18.7 Å². The minimum absolute atomic E-state index is 0.213. The Kier molecular flexibility index (Phi) is 6.42. The standard InChI is InChI=1S/C16H28N4O4/c1-4-24-15(22)12(3)17-14(21)11(2)18-16(23)20-10-9-19-7-5-13(20)6-8-19/h11-13H,4-10H2,1-3H3,(H,17,21)(H,18,23)/t11-,12-/m0/s1. The summed E-state index contributed by atoms with van der Waals surface area (Å²) in [6, 6.07) is -1.42. The monoisotopic (exact) mass is 340 g/mol. The molecule has 3 heterocycles. The molecule has 3 fully saturated rings. The maximum absolute atomic E-state index is 12.5. The summed E-state index contributed by atoms with van der Waals surface area (Å²) in [5, 5.41) is 5.30. The van der Waals surface area contributed by atoms with Gasteiger partial charge in [0.05, 0.1) is 6.61 Å². The van der Waals surface area contributed by atoms with E-state index in [4.69, 9.17) is 4.74 Å². The lowest BCUT2D eigenvalue weighted by Crippen LogP contribution is -2.54. The molecular weight excluding hydrogens is 312 g/mol. The van der Waals surface area contributed by atoms with Crippen LogP contribution in [0, 0.1) is 0 Å². The van der Waals surface area contributed by atoms with Gasteiger partial charge in [0.1, 0.15) is 12.1 Å². The summed E-state index contributed by atoms with van der Waals surface area (Å²) in [5.41, 5.74) is 0. The summed E-state index contributed by atoms with van der Waals surface area (Å²) >= 11 is 0. The molecule has 3 saturated heterocycles. The number of hydrogen-bond donors (Lipinski definition) is 2. The Hall–Kier alpha value is -1.83. The molecule has 3 aliphatic rings. The lowest BCUT2D eigenvalue weighted by Gasteiger charge is -2.32. The van der Waals surface area contributed by atoms with Crippen molar-refractivity contribution in [2.24, 2.45) is 0 Å². The summed E-state index contributed by atoms with van der Waals surface area (Å²) in [6.45, 7) is 8.77. The zero-order valence-corrected chi connectivity index (χ0v) is 14.7. The van der Waals surface area contributed by atoms with E-state index in [9.17, 15) is 14.4 Å². The highest BCUT2D eigenvalue weighted by atomic mass is 16.5. The van der Waals surface area contributed by atoms with Crippen LogP contribution in [-0.2, 0) is 14.3 Å². The Morgan fingerprint density at radius 1 is 1.04 bits per heavy atom. The highest BCUT2D eigenvalue weighted by Crippen LogP contribution is 2.20. The molecule has 2 atom stereocenters. The van der Waals surface area contributed by atoms with Crippen molar-refractivity contribution in [3.05, 3.63) is 0 Å². The Balaban J connectivity index is 1.84. The van der Waals surface area contributed by atoms with Crippen LogP contribution in [0.25, 0.3) is 0 Å². The molecule has 3 rings (SSSR count). The van der Waals surface area contributed by atoms with Gasteiger partial charge in [0.2, 0.25) is 5.91 Å². The van der Waals surface area contributed by atoms with E-state index < -0.39 is 24.0 Å². The van der Waals surface area contributed by atoms with Crippen molar-refractivity contribution in [2.75, 3.05) is 32.8 Å². The quantitative estimate of drug-likeness (QED) is 0.684. The topological polar surface area (TPSA) is 91.0 Å². The van der Waals surface area contributed by atoms with E-state index in [2.05, 4.69) is 15.5 Å². The number of esters is 1. The van der Waals surface area contributed by atoms with Crippen LogP contribution in [0.1, 0.15) is 33.6 Å². The van der Waals surface area contributed by atoms with Crippen molar-refractivity contribution in [1.82, 2.24) is 20.4 Å². The Morgan fingerprint density at radius 2 is 1.71 bits per heavy atom. The first kappa shape index (κ1) is 18.5. The van der Waals surface area contributed by atoms with E-state index in [0.29, 0.717) is 6.54 Å². The largest absolute Gasteiger partial charge is 0.464 e. The van der Waals surface area contributed by atoms with Crippen LogP contribution in [-0.4, -0.2) is 78.6 Å². The third kappa shape index (κ3) is 4.59. The first-order valence-corrected chi connectivity index (χ1v) is 8.68. The van der Waals surface area contributed by atoms with E-state index in [1.807, 2.05) is 4.90 Å². The van der Waals surface area contributed by atoms with E-state index in [1.54, 1.807) is 20.8 Å². The molecule has 0 radical (unpaired) electrons. The number of fused-ring (bicyclic) bond motifs is 4. The number of carbonyl (C=O) groups excluding carboxylic acids is 3. The molecule has 2 N–H and O–H groups in total. The maximum Gasteiger partial charge on any atom is 0.328 e. The van der Waals surface area contributed by atoms with Gasteiger partial charge >= 0.3 is 12.0 Å². The van der Waals surface area contributed by atoms with E-state index in [0.717, 1.165) is 32.5 Å². The lowest BCUT2D eigenvalue weighted by atomic mass is 10.1. The second-order valence-electron chi connectivity index (χ2n) is 6.42. The van der Waals surface area contributed by atoms with Crippen LogP contribution < -0.4 is 10.6 Å². The number of piperidine rings is 1. The molecule has 8 heteroatoms. The van der Waals surface area contributed by atoms with Crippen molar-refractivity contribution in [2.45, 2.75) is 51.7 Å². The van der Waals surface area contributed by atoms with Gasteiger partial charge in [0.15, 0.2) is 0 Å². The fraction of sp³-hybridized carbons (Fsp3) is 0.812. The molecule has 0 spiro atoms. The van der Waals surface area contributed by atoms with Gasteiger partial charge in [-0.15, -0.1) is 0 Å². The van der Waals surface area contributed by atoms with Crippen LogP contribution in [0.3, 0.4) is 0 Å². The molecule has 3 amide bonds. The van der Waals surface area contributed by atoms with Gasteiger partial charge in [-0.05, 0) is 33.6 Å². The second-order valence-corrected chi connectivity index (χ2v) is 6.42. The van der Waals surface area contributed by atoms with Gasteiger partial charge in [-0.3, -0.25) is 4.79 Å². The van der Waals surface area contributed by atoms with Crippen molar-refractivity contribution in [3.63, 3.8) is 0 Å². The molecule has 136 valence electrons. The highest BCUT2D eigenvalue weighted by molar-refractivity contribution is 5.90. The van der Waals surface area contributed by atoms with Crippen LogP contribution >= 0.6 is 0 Å². The number of ether oxygens (including phenoxy) is 1. The van der Waals surface area contributed by atoms with E-state index >= 15 is 0 Å². The molecule has 0 aromatic rings. The fourth-order valence-corrected chi connectivity index (χ4v) is 3.15. The summed E-state index contributed by atoms with van der Waals surface area (Å²) in [5.74, 6) is -0.880. The third-order valence-corrected chi connectivity index (χ3v) is 4.65. The maximum atomic E-state index is 12.5. The van der Waals surface area contributed by atoms with Crippen molar-refractivity contribution in [3.8, 4) is 0 Å². The Morgan fingerprint density at radius 3 is 2.33 bits per heavy atom. The molecular formula is C16H28N4O4. The van der Waals surface area contributed by atoms with Crippen LogP contribution in [0.2, 0.25) is 0 Å². The van der Waals surface area contributed by atoms with Gasteiger partial charge in [-0.1, -0.05) is 0 Å². The van der Waals surface area contributed by atoms with E-state index in [1.165, 1.54) is 0 Å². The summed E-state index contributed by atoms with van der Waals surface area (Å²) in [7, 11) is 0. The minimum atomic E-state index is -0.738. The van der Waals surface area contributed by atoms with Gasteiger partial charge in [-0.2, -0.15) is 0 Å². The molecule has 0 unspecified atom stereocenters. The molecule has 0 aromatic carbocycles. The predicted molar refractivity (Wildman–Crippen MR) is 88.4 cm³/mol. The summed E-state index contributed by atoms with van der Waals surface area (Å²) in [6.07, 6.45) is 1.96. The van der Waals surface area contributed by atoms with Crippen molar-refractivity contribution >= 4 is 17.9 Å². The predicted octanol–water partition coefficient (Wildman–Crippen LogP) is -0.0677. The Bertz CT molecular complexity index is 477. The van der Waals surface area contributed by atoms with Gasteiger partial charge < -0.3 is 25.2 Å². The average molecular weight is 340 g/mol. The summed E-state index contributed by atoms with van der Waals surface area (Å²) in [4.78, 5) is 40.4. The number of carbonyl (C=O) groups is 3. The fourth-order valence-electron chi connectivity index (χ4n) is 3.15. The first-order chi connectivity index (χ1) is 11.4. The van der Waals surface area contributed by atoms with Crippen LogP contribution in [0.5, 0.6) is 0 Å². The van der Waals surface area contributed by atoms with Crippen molar-refractivity contribution in [1.29, 1.82) is 0 Å². The van der Waals surface area contributed by atoms with Crippen LogP contribution in [0.15, 0.2) is 0 Å². The lowest BCUT2D eigenvalue weighted by molar-refractivity contribution is -0.147. The number of nitrogens with zero attached hydrogens (tertiary/aromatic N) is 2. The molecule has 3 aliphatic heterocycles. The molecule has 0 saturated carbocycles. The van der Waals surface area contributed by atoms with Gasteiger partial charge in [0.25, 0.3) is 0 Å². The average Bonchev–Trinajstić information content (AvgIpc) is 2.88. The van der Waals surface area contributed by atoms with Crippen molar-refractivity contribution < 1.29 is 19.1 Å². The SMILES string of the molecule is CCOC(=O)[C@H](C)NC(=O)[C@H](C)NC(=O)N1CCN2CCC1CC2. The van der Waals surface area contributed by atoms with Gasteiger partial charge in [0, 0.05) is 32.2 Å². The second kappa shape index (κ2) is 8.32. The molecule has 2 bridgehead atoms. The first-order valence-electron chi connectivity index (χ1n) is 8.68. The number of rotatable bonds is 5. The molecule has 0 aliphatic carbocycles. The number of urea groups is 1. The summed E-state index contributed by atoms with van der Waals surface area (Å²) < 4.78 is 4.85. The zero-order valence-electron chi connectivity index (χ0n) is 14.7. The number of hydrogen-bond acceptors (Lipinski definition) is 5. The van der Waals surface area contributed by atoms with Gasteiger partial charge in [-0.25, -0.2) is 9.59 Å². The highest BCUT2D eigenvalue weighted by Gasteiger charge is 2.33. The van der Waals surface area contributed by atoms with Crippen LogP contribution in [0.4, 0.5) is 4.79 Å². The number of nitrogens with one attached hydrogen (secondary N) is 2. The molecule has 0 aromatic heterocycles. The molecule has 8 nitrogen and oxygen atoms in total. The third-order valence-electron chi connectivity index (χ3n) is 4.65.